The van der Waals surface area contributed by atoms with E-state index in [1.54, 1.807) is 12.1 Å². The second-order valence-corrected chi connectivity index (χ2v) is 3.00. The van der Waals surface area contributed by atoms with Crippen molar-refractivity contribution in [3.8, 4) is 0 Å². The smallest absolute Gasteiger partial charge is 0.248 e. The maximum Gasteiger partial charge on any atom is 0.248 e. The van der Waals surface area contributed by atoms with E-state index in [0.717, 1.165) is 12.2 Å². The quantitative estimate of drug-likeness (QED) is 0.696. The third-order valence-electron chi connectivity index (χ3n) is 2.06. The van der Waals surface area contributed by atoms with E-state index in [1.165, 1.54) is 0 Å². The molecule has 1 aromatic carbocycles. The van der Waals surface area contributed by atoms with Gasteiger partial charge in [0, 0.05) is 5.56 Å². The Morgan fingerprint density at radius 3 is 2.64 bits per heavy atom. The van der Waals surface area contributed by atoms with E-state index in [-0.39, 0.29) is 0 Å². The predicted octanol–water partition coefficient (Wildman–Crippen LogP) is 0.0417. The van der Waals surface area contributed by atoms with Gasteiger partial charge in [0.05, 0.1) is 18.8 Å². The lowest BCUT2D eigenvalue weighted by Gasteiger charge is -2.15. The van der Waals surface area contributed by atoms with E-state index in [1.807, 2.05) is 17.1 Å². The molecule has 2 rings (SSSR count). The summed E-state index contributed by atoms with van der Waals surface area (Å²) in [7, 11) is 0. The summed E-state index contributed by atoms with van der Waals surface area (Å²) in [5, 5.41) is 1.85. The van der Waals surface area contributed by atoms with Crippen LogP contribution in [0, 0.1) is 0 Å². The Morgan fingerprint density at radius 2 is 2.14 bits per heavy atom. The van der Waals surface area contributed by atoms with Gasteiger partial charge >= 0.3 is 0 Å². The molecule has 5 nitrogen and oxygen atoms in total. The van der Waals surface area contributed by atoms with Gasteiger partial charge in [-0.1, -0.05) is 0 Å². The van der Waals surface area contributed by atoms with Gasteiger partial charge in [-0.3, -0.25) is 14.6 Å². The van der Waals surface area contributed by atoms with Crippen molar-refractivity contribution in [2.24, 2.45) is 5.73 Å². The maximum absolute atomic E-state index is 10.8. The highest BCUT2D eigenvalue weighted by molar-refractivity contribution is 5.93. The zero-order chi connectivity index (χ0) is 9.97. The SMILES string of the molecule is NC(=O)c1ccc(N2CCON2)cc1. The largest absolute Gasteiger partial charge is 0.366 e. The topological polar surface area (TPSA) is 67.6 Å². The standard InChI is InChI=1S/C9H11N3O2/c10-9(13)7-1-3-8(4-2-7)12-5-6-14-11-12/h1-4,11H,5-6H2,(H2,10,13). The number of nitrogens with zero attached hydrogens (tertiary/aromatic N) is 1. The predicted molar refractivity (Wildman–Crippen MR) is 51.4 cm³/mol. The van der Waals surface area contributed by atoms with Gasteiger partial charge in [-0.25, -0.2) is 0 Å². The molecule has 0 aromatic heterocycles. The first-order valence-corrected chi connectivity index (χ1v) is 4.32. The lowest BCUT2D eigenvalue weighted by molar-refractivity contribution is 0.0985. The van der Waals surface area contributed by atoms with Crippen LogP contribution < -0.4 is 16.3 Å². The Bertz CT molecular complexity index is 330. The molecule has 0 radical (unpaired) electrons. The summed E-state index contributed by atoms with van der Waals surface area (Å²) >= 11 is 0. The van der Waals surface area contributed by atoms with E-state index in [9.17, 15) is 4.79 Å². The van der Waals surface area contributed by atoms with Crippen LogP contribution in [0.4, 0.5) is 5.69 Å². The van der Waals surface area contributed by atoms with Crippen molar-refractivity contribution in [1.29, 1.82) is 0 Å². The number of amides is 1. The van der Waals surface area contributed by atoms with Gasteiger partial charge in [-0.15, -0.1) is 5.59 Å². The number of hydrogen-bond donors (Lipinski definition) is 2. The molecule has 3 N–H and O–H groups in total. The molecule has 0 aliphatic carbocycles. The zero-order valence-electron chi connectivity index (χ0n) is 7.56. The highest BCUT2D eigenvalue weighted by atomic mass is 16.7. The highest BCUT2D eigenvalue weighted by Crippen LogP contribution is 2.14. The number of carbonyl (C=O) groups excluding carboxylic acids is 1. The molecule has 1 fully saturated rings. The van der Waals surface area contributed by atoms with Gasteiger partial charge in [0.25, 0.3) is 0 Å². The van der Waals surface area contributed by atoms with Gasteiger partial charge in [0.1, 0.15) is 0 Å². The van der Waals surface area contributed by atoms with Crippen LogP contribution in [-0.2, 0) is 4.84 Å². The number of hydrazine groups is 1. The van der Waals surface area contributed by atoms with Gasteiger partial charge in [0.15, 0.2) is 0 Å². The number of nitrogens with two attached hydrogens (primary N) is 1. The molecular formula is C9H11N3O2. The average Bonchev–Trinajstić information content (AvgIpc) is 2.71. The molecule has 1 aromatic rings. The molecule has 1 amide bonds. The first-order chi connectivity index (χ1) is 6.77. The van der Waals surface area contributed by atoms with Crippen LogP contribution in [0.1, 0.15) is 10.4 Å². The molecular weight excluding hydrogens is 182 g/mol. The van der Waals surface area contributed by atoms with Crippen LogP contribution in [0.15, 0.2) is 24.3 Å². The summed E-state index contributed by atoms with van der Waals surface area (Å²) in [6, 6.07) is 7.03. The number of nitrogens with one attached hydrogen (secondary N) is 1. The number of anilines is 1. The molecule has 1 heterocycles. The molecule has 5 heteroatoms. The van der Waals surface area contributed by atoms with E-state index in [0.29, 0.717) is 12.2 Å². The van der Waals surface area contributed by atoms with Crippen LogP contribution in [0.2, 0.25) is 0 Å². The van der Waals surface area contributed by atoms with Crippen molar-refractivity contribution in [2.45, 2.75) is 0 Å². The molecule has 14 heavy (non-hydrogen) atoms. The summed E-state index contributed by atoms with van der Waals surface area (Å²) in [5.74, 6) is -0.415. The summed E-state index contributed by atoms with van der Waals surface area (Å²) in [6.07, 6.45) is 0. The molecule has 0 bridgehead atoms. The Kier molecular flexibility index (Phi) is 2.34. The Labute approximate surface area is 81.4 Å². The Morgan fingerprint density at radius 1 is 1.43 bits per heavy atom. The van der Waals surface area contributed by atoms with Crippen molar-refractivity contribution >= 4 is 11.6 Å². The first kappa shape index (κ1) is 8.98. The van der Waals surface area contributed by atoms with Crippen LogP contribution >= 0.6 is 0 Å². The fraction of sp³-hybridized carbons (Fsp3) is 0.222. The minimum absolute atomic E-state index is 0.415. The monoisotopic (exact) mass is 193 g/mol. The van der Waals surface area contributed by atoms with E-state index in [2.05, 4.69) is 5.59 Å². The van der Waals surface area contributed by atoms with Gasteiger partial charge in [-0.2, -0.15) is 0 Å². The second kappa shape index (κ2) is 3.65. The molecule has 1 saturated heterocycles. The zero-order valence-corrected chi connectivity index (χ0v) is 7.56. The van der Waals surface area contributed by atoms with E-state index in [4.69, 9.17) is 10.6 Å². The molecule has 1 aliphatic heterocycles. The number of rotatable bonds is 2. The van der Waals surface area contributed by atoms with Crippen molar-refractivity contribution in [2.75, 3.05) is 18.2 Å². The van der Waals surface area contributed by atoms with Crippen molar-refractivity contribution in [3.05, 3.63) is 29.8 Å². The van der Waals surface area contributed by atoms with E-state index >= 15 is 0 Å². The number of hydrogen-bond acceptors (Lipinski definition) is 4. The van der Waals surface area contributed by atoms with Gasteiger partial charge in [0.2, 0.25) is 5.91 Å². The highest BCUT2D eigenvalue weighted by Gasteiger charge is 2.12. The van der Waals surface area contributed by atoms with Crippen LogP contribution in [0.5, 0.6) is 0 Å². The molecule has 1 aliphatic rings. The Balaban J connectivity index is 2.16. The number of benzene rings is 1. The number of primary amides is 1. The summed E-state index contributed by atoms with van der Waals surface area (Å²) in [5.41, 5.74) is 9.32. The first-order valence-electron chi connectivity index (χ1n) is 4.32. The van der Waals surface area contributed by atoms with Crippen molar-refractivity contribution in [3.63, 3.8) is 0 Å². The van der Waals surface area contributed by atoms with Crippen LogP contribution in [-0.4, -0.2) is 19.1 Å². The summed E-state index contributed by atoms with van der Waals surface area (Å²) < 4.78 is 0. The second-order valence-electron chi connectivity index (χ2n) is 3.00. The molecule has 0 unspecified atom stereocenters. The third-order valence-corrected chi connectivity index (χ3v) is 2.06. The van der Waals surface area contributed by atoms with Crippen LogP contribution in [0.3, 0.4) is 0 Å². The summed E-state index contributed by atoms with van der Waals surface area (Å²) in [6.45, 7) is 1.44. The third kappa shape index (κ3) is 1.68. The summed E-state index contributed by atoms with van der Waals surface area (Å²) in [4.78, 5) is 15.8. The Hall–Kier alpha value is -1.59. The fourth-order valence-electron chi connectivity index (χ4n) is 1.29. The van der Waals surface area contributed by atoms with Gasteiger partial charge in [-0.05, 0) is 24.3 Å². The molecule has 0 spiro atoms. The minimum atomic E-state index is -0.415. The van der Waals surface area contributed by atoms with Gasteiger partial charge < -0.3 is 5.73 Å². The fourth-order valence-corrected chi connectivity index (χ4v) is 1.29. The maximum atomic E-state index is 10.8. The molecule has 74 valence electrons. The molecule has 0 saturated carbocycles. The number of carbonyl (C=O) groups is 1. The van der Waals surface area contributed by atoms with Crippen molar-refractivity contribution in [1.82, 2.24) is 5.59 Å². The lowest BCUT2D eigenvalue weighted by atomic mass is 10.2. The van der Waals surface area contributed by atoms with Crippen molar-refractivity contribution < 1.29 is 9.63 Å². The lowest BCUT2D eigenvalue weighted by Crippen LogP contribution is -2.29. The molecule has 0 atom stereocenters. The van der Waals surface area contributed by atoms with Crippen LogP contribution in [0.25, 0.3) is 0 Å². The average molecular weight is 193 g/mol. The minimum Gasteiger partial charge on any atom is -0.366 e. The normalized spacial score (nSPS) is 15.9. The van der Waals surface area contributed by atoms with E-state index < -0.39 is 5.91 Å².